The van der Waals surface area contributed by atoms with Crippen molar-refractivity contribution >= 4 is 21.6 Å². The number of nitrogens with one attached hydrogen (secondary N) is 1. The lowest BCUT2D eigenvalue weighted by Crippen LogP contribution is -2.20. The summed E-state index contributed by atoms with van der Waals surface area (Å²) in [4.78, 5) is 0. The zero-order chi connectivity index (χ0) is 10.6. The summed E-state index contributed by atoms with van der Waals surface area (Å²) in [6.45, 7) is 4.89. The fraction of sp³-hybridized carbons (Fsp3) is 0.455. The lowest BCUT2D eigenvalue weighted by molar-refractivity contribution is 0.190. The maximum atomic E-state index is 5.07. The molecule has 3 heteroatoms. The van der Waals surface area contributed by atoms with Gasteiger partial charge >= 0.3 is 0 Å². The predicted octanol–water partition coefficient (Wildman–Crippen LogP) is 3.20. The molecular weight excluding hydrogens is 242 g/mol. The third-order valence-electron chi connectivity index (χ3n) is 1.94. The first-order valence-corrected chi connectivity index (χ1v) is 5.44. The van der Waals surface area contributed by atoms with E-state index >= 15 is 0 Å². The van der Waals surface area contributed by atoms with Gasteiger partial charge in [-0.3, -0.25) is 0 Å². The minimum atomic E-state index is 0.318. The van der Waals surface area contributed by atoms with E-state index in [1.165, 1.54) is 5.56 Å². The molecule has 0 bridgehead atoms. The van der Waals surface area contributed by atoms with Crippen molar-refractivity contribution in [1.82, 2.24) is 0 Å². The van der Waals surface area contributed by atoms with Gasteiger partial charge in [0.15, 0.2) is 0 Å². The van der Waals surface area contributed by atoms with Crippen LogP contribution in [0.3, 0.4) is 0 Å². The molecule has 0 saturated carbocycles. The van der Waals surface area contributed by atoms with Crippen molar-refractivity contribution in [3.63, 3.8) is 0 Å². The largest absolute Gasteiger partial charge is 0.383 e. The number of aryl methyl sites for hydroxylation is 1. The second-order valence-electron chi connectivity index (χ2n) is 3.48. The second kappa shape index (κ2) is 5.37. The van der Waals surface area contributed by atoms with E-state index in [0.29, 0.717) is 12.6 Å². The van der Waals surface area contributed by atoms with Gasteiger partial charge in [0.2, 0.25) is 0 Å². The lowest BCUT2D eigenvalue weighted by Gasteiger charge is -2.15. The lowest BCUT2D eigenvalue weighted by atomic mass is 10.2. The van der Waals surface area contributed by atoms with E-state index < -0.39 is 0 Å². The highest BCUT2D eigenvalue weighted by Gasteiger charge is 2.04. The monoisotopic (exact) mass is 257 g/mol. The minimum absolute atomic E-state index is 0.318. The molecule has 1 aromatic rings. The van der Waals surface area contributed by atoms with Crippen LogP contribution in [-0.4, -0.2) is 19.8 Å². The Morgan fingerprint density at radius 3 is 2.86 bits per heavy atom. The van der Waals surface area contributed by atoms with Crippen LogP contribution in [0.5, 0.6) is 0 Å². The number of anilines is 1. The number of hydrogen-bond acceptors (Lipinski definition) is 2. The molecule has 0 aromatic heterocycles. The molecule has 14 heavy (non-hydrogen) atoms. The molecule has 1 aromatic carbocycles. The van der Waals surface area contributed by atoms with Crippen LogP contribution in [-0.2, 0) is 4.74 Å². The van der Waals surface area contributed by atoms with Crippen LogP contribution >= 0.6 is 15.9 Å². The van der Waals surface area contributed by atoms with Gasteiger partial charge in [0.25, 0.3) is 0 Å². The van der Waals surface area contributed by atoms with Crippen LogP contribution in [0.15, 0.2) is 22.7 Å². The van der Waals surface area contributed by atoms with Crippen molar-refractivity contribution in [2.75, 3.05) is 19.0 Å². The molecule has 0 spiro atoms. The molecule has 0 saturated heterocycles. The maximum Gasteiger partial charge on any atom is 0.0661 e. The van der Waals surface area contributed by atoms with Crippen LogP contribution in [0.4, 0.5) is 5.69 Å². The molecule has 0 amide bonds. The molecule has 1 N–H and O–H groups in total. The number of rotatable bonds is 4. The van der Waals surface area contributed by atoms with Crippen molar-refractivity contribution in [2.24, 2.45) is 0 Å². The summed E-state index contributed by atoms with van der Waals surface area (Å²) < 4.78 is 6.16. The molecule has 1 unspecified atom stereocenters. The first kappa shape index (κ1) is 11.5. The van der Waals surface area contributed by atoms with Crippen LogP contribution in [0.25, 0.3) is 0 Å². The predicted molar refractivity (Wildman–Crippen MR) is 63.8 cm³/mol. The molecule has 0 radical (unpaired) electrons. The quantitative estimate of drug-likeness (QED) is 0.895. The summed E-state index contributed by atoms with van der Waals surface area (Å²) >= 11 is 3.51. The molecule has 0 aliphatic rings. The van der Waals surface area contributed by atoms with Gasteiger partial charge in [-0.15, -0.1) is 0 Å². The van der Waals surface area contributed by atoms with E-state index in [9.17, 15) is 0 Å². The number of halogens is 1. The second-order valence-corrected chi connectivity index (χ2v) is 4.34. The molecule has 0 heterocycles. The van der Waals surface area contributed by atoms with Gasteiger partial charge < -0.3 is 10.1 Å². The van der Waals surface area contributed by atoms with E-state index in [1.807, 2.05) is 0 Å². The van der Waals surface area contributed by atoms with Crippen LogP contribution in [0.2, 0.25) is 0 Å². The van der Waals surface area contributed by atoms with E-state index in [1.54, 1.807) is 7.11 Å². The highest BCUT2D eigenvalue weighted by molar-refractivity contribution is 9.10. The Labute approximate surface area is 93.8 Å². The standard InChI is InChI=1S/C11H16BrNO/c1-8-4-5-10(12)11(6-8)13-9(2)7-14-3/h4-6,9,13H,7H2,1-3H3. The van der Waals surface area contributed by atoms with E-state index in [4.69, 9.17) is 4.74 Å². The Morgan fingerprint density at radius 2 is 2.21 bits per heavy atom. The molecule has 1 atom stereocenters. The first-order chi connectivity index (χ1) is 6.63. The Hall–Kier alpha value is -0.540. The average Bonchev–Trinajstić information content (AvgIpc) is 2.12. The summed E-state index contributed by atoms with van der Waals surface area (Å²) in [6.07, 6.45) is 0. The van der Waals surface area contributed by atoms with Crippen LogP contribution in [0.1, 0.15) is 12.5 Å². The fourth-order valence-corrected chi connectivity index (χ4v) is 1.67. The number of ether oxygens (including phenoxy) is 1. The first-order valence-electron chi connectivity index (χ1n) is 4.65. The number of methoxy groups -OCH3 is 1. The highest BCUT2D eigenvalue weighted by Crippen LogP contribution is 2.23. The number of benzene rings is 1. The Kier molecular flexibility index (Phi) is 4.42. The van der Waals surface area contributed by atoms with Crippen molar-refractivity contribution in [2.45, 2.75) is 19.9 Å². The number of hydrogen-bond donors (Lipinski definition) is 1. The van der Waals surface area contributed by atoms with Gasteiger partial charge in [-0.1, -0.05) is 6.07 Å². The molecule has 0 aliphatic heterocycles. The van der Waals surface area contributed by atoms with Gasteiger partial charge in [-0.25, -0.2) is 0 Å². The Balaban J connectivity index is 2.70. The van der Waals surface area contributed by atoms with Crippen LogP contribution in [0, 0.1) is 6.92 Å². The molecule has 1 rings (SSSR count). The summed E-state index contributed by atoms with van der Waals surface area (Å²) in [5.41, 5.74) is 2.37. The molecule has 0 fully saturated rings. The van der Waals surface area contributed by atoms with Crippen molar-refractivity contribution in [3.05, 3.63) is 28.2 Å². The molecule has 0 aliphatic carbocycles. The SMILES string of the molecule is COCC(C)Nc1cc(C)ccc1Br. The normalized spacial score (nSPS) is 12.6. The smallest absolute Gasteiger partial charge is 0.0661 e. The minimum Gasteiger partial charge on any atom is -0.383 e. The Morgan fingerprint density at radius 1 is 1.50 bits per heavy atom. The zero-order valence-corrected chi connectivity index (χ0v) is 10.4. The third-order valence-corrected chi connectivity index (χ3v) is 2.63. The average molecular weight is 258 g/mol. The summed E-state index contributed by atoms with van der Waals surface area (Å²) in [5.74, 6) is 0. The van der Waals surface area contributed by atoms with Gasteiger partial charge in [0.1, 0.15) is 0 Å². The molecule has 78 valence electrons. The summed E-state index contributed by atoms with van der Waals surface area (Å²) in [5, 5.41) is 3.38. The topological polar surface area (TPSA) is 21.3 Å². The maximum absolute atomic E-state index is 5.07. The van der Waals surface area contributed by atoms with E-state index in [-0.39, 0.29) is 0 Å². The van der Waals surface area contributed by atoms with Crippen molar-refractivity contribution in [1.29, 1.82) is 0 Å². The van der Waals surface area contributed by atoms with Gasteiger partial charge in [-0.2, -0.15) is 0 Å². The highest BCUT2D eigenvalue weighted by atomic mass is 79.9. The van der Waals surface area contributed by atoms with Crippen molar-refractivity contribution < 1.29 is 4.74 Å². The summed E-state index contributed by atoms with van der Waals surface area (Å²) in [6, 6.07) is 6.57. The van der Waals surface area contributed by atoms with E-state index in [2.05, 4.69) is 53.3 Å². The Bertz CT molecular complexity index is 301. The summed E-state index contributed by atoms with van der Waals surface area (Å²) in [7, 11) is 1.71. The van der Waals surface area contributed by atoms with Gasteiger partial charge in [-0.05, 0) is 47.5 Å². The molecular formula is C11H16BrNO. The van der Waals surface area contributed by atoms with E-state index in [0.717, 1.165) is 10.2 Å². The fourth-order valence-electron chi connectivity index (χ4n) is 1.31. The molecule has 2 nitrogen and oxygen atoms in total. The van der Waals surface area contributed by atoms with Gasteiger partial charge in [0.05, 0.1) is 6.61 Å². The van der Waals surface area contributed by atoms with Crippen molar-refractivity contribution in [3.8, 4) is 0 Å². The van der Waals surface area contributed by atoms with Crippen LogP contribution < -0.4 is 5.32 Å². The zero-order valence-electron chi connectivity index (χ0n) is 8.80. The third kappa shape index (κ3) is 3.31. The van der Waals surface area contributed by atoms with Gasteiger partial charge in [0, 0.05) is 23.3 Å².